The van der Waals surface area contributed by atoms with Gasteiger partial charge in [0.05, 0.1) is 23.0 Å². The lowest BCUT2D eigenvalue weighted by Crippen LogP contribution is -2.19. The Hall–Kier alpha value is -1.53. The number of methoxy groups -OCH3 is 1. The van der Waals surface area contributed by atoms with Crippen molar-refractivity contribution in [1.29, 1.82) is 0 Å². The summed E-state index contributed by atoms with van der Waals surface area (Å²) in [4.78, 5) is 28.6. The number of rotatable bonds is 6. The van der Waals surface area contributed by atoms with Crippen molar-refractivity contribution >= 4 is 88.6 Å². The minimum Gasteiger partial charge on any atom is -0.493 e. The zero-order valence-electron chi connectivity index (χ0n) is 15.8. The zero-order valence-corrected chi connectivity index (χ0v) is 22.1. The minimum atomic E-state index is -0.493. The van der Waals surface area contributed by atoms with Gasteiger partial charge >= 0.3 is 0 Å². The number of amides is 1. The van der Waals surface area contributed by atoms with E-state index in [2.05, 4.69) is 58.1 Å². The molecule has 3 N–H and O–H groups in total. The van der Waals surface area contributed by atoms with Crippen LogP contribution in [0.4, 0.5) is 11.5 Å². The molecule has 0 radical (unpaired) electrons. The predicted molar refractivity (Wildman–Crippen MR) is 135 cm³/mol. The number of ether oxygens (including phenoxy) is 1. The van der Waals surface area contributed by atoms with Crippen LogP contribution in [0.15, 0.2) is 59.8 Å². The van der Waals surface area contributed by atoms with Crippen LogP contribution in [0.5, 0.6) is 5.75 Å². The van der Waals surface area contributed by atoms with Crippen molar-refractivity contribution in [2.75, 3.05) is 23.9 Å². The van der Waals surface area contributed by atoms with Gasteiger partial charge in [0.25, 0.3) is 5.56 Å². The van der Waals surface area contributed by atoms with E-state index in [0.29, 0.717) is 26.6 Å². The van der Waals surface area contributed by atoms with Gasteiger partial charge in [0, 0.05) is 25.7 Å². The molecule has 0 spiro atoms. The predicted octanol–water partition coefficient (Wildman–Crippen LogP) is 5.50. The van der Waals surface area contributed by atoms with E-state index in [-0.39, 0.29) is 22.6 Å². The summed E-state index contributed by atoms with van der Waals surface area (Å²) in [5.41, 5.74) is 6.70. The molecule has 1 heterocycles. The first-order chi connectivity index (χ1) is 14.7. The summed E-state index contributed by atoms with van der Waals surface area (Å²) in [5.74, 6) is 0.336. The third-order valence-electron chi connectivity index (χ3n) is 3.94. The van der Waals surface area contributed by atoms with Gasteiger partial charge in [-0.25, -0.2) is 0 Å². The van der Waals surface area contributed by atoms with Crippen LogP contribution in [0, 0.1) is 0 Å². The largest absolute Gasteiger partial charge is 0.493 e. The SMILES string of the molecule is COc1c(NC(=O)CSc2nc(=O)cc(N)n2-c2ccc(Cl)cc2)cc(Br)c(Br)c1Br. The van der Waals surface area contributed by atoms with E-state index in [1.165, 1.54) is 13.2 Å². The Bertz CT molecular complexity index is 1210. The van der Waals surface area contributed by atoms with Crippen LogP contribution >= 0.6 is 71.2 Å². The van der Waals surface area contributed by atoms with Gasteiger partial charge in [0.15, 0.2) is 10.9 Å². The minimum absolute atomic E-state index is 0.0159. The second-order valence-electron chi connectivity index (χ2n) is 6.02. The van der Waals surface area contributed by atoms with Crippen molar-refractivity contribution in [1.82, 2.24) is 9.55 Å². The fourth-order valence-electron chi connectivity index (χ4n) is 2.61. The second kappa shape index (κ2) is 10.4. The summed E-state index contributed by atoms with van der Waals surface area (Å²) in [6.07, 6.45) is 0. The maximum atomic E-state index is 12.6. The average Bonchev–Trinajstić information content (AvgIpc) is 2.71. The first kappa shape index (κ1) is 24.1. The van der Waals surface area contributed by atoms with Crippen molar-refractivity contribution < 1.29 is 9.53 Å². The van der Waals surface area contributed by atoms with Crippen molar-refractivity contribution in [2.45, 2.75) is 5.16 Å². The molecule has 0 aliphatic heterocycles. The van der Waals surface area contributed by atoms with E-state index in [0.717, 1.165) is 20.7 Å². The van der Waals surface area contributed by atoms with Crippen molar-refractivity contribution in [2.24, 2.45) is 0 Å². The standard InChI is InChI=1S/C19H14Br3ClN4O3S/c1-30-18-12(6-11(20)16(21)17(18)22)25-15(29)8-31-19-26-14(28)7-13(24)27(19)10-4-2-9(23)3-5-10/h2-7H,8,24H2,1H3,(H,25,29). The molecule has 3 aromatic rings. The lowest BCUT2D eigenvalue weighted by molar-refractivity contribution is -0.113. The molecule has 0 atom stereocenters. The fourth-order valence-corrected chi connectivity index (χ4v) is 5.14. The second-order valence-corrected chi connectivity index (χ2v) is 9.84. The number of carbonyl (C=O) groups excluding carboxylic acids is 1. The Morgan fingerprint density at radius 1 is 1.23 bits per heavy atom. The summed E-state index contributed by atoms with van der Waals surface area (Å²) in [6.45, 7) is 0. The topological polar surface area (TPSA) is 99.2 Å². The monoisotopic (exact) mass is 650 g/mol. The molecule has 1 aromatic heterocycles. The van der Waals surface area contributed by atoms with E-state index >= 15 is 0 Å². The van der Waals surface area contributed by atoms with Crippen molar-refractivity contribution in [3.8, 4) is 11.4 Å². The third-order valence-corrected chi connectivity index (χ3v) is 8.40. The van der Waals surface area contributed by atoms with Gasteiger partial charge in [-0.2, -0.15) is 4.98 Å². The van der Waals surface area contributed by atoms with Crippen LogP contribution in [0.2, 0.25) is 5.02 Å². The number of aromatic nitrogens is 2. The molecule has 162 valence electrons. The van der Waals surface area contributed by atoms with Gasteiger partial charge in [-0.15, -0.1) is 0 Å². The number of anilines is 2. The molecule has 0 bridgehead atoms. The molecule has 0 aliphatic carbocycles. The van der Waals surface area contributed by atoms with E-state index in [1.807, 2.05) is 0 Å². The van der Waals surface area contributed by atoms with Crippen molar-refractivity contribution in [3.63, 3.8) is 0 Å². The molecule has 0 aliphatic rings. The lowest BCUT2D eigenvalue weighted by atomic mass is 10.3. The molecule has 0 saturated heterocycles. The van der Waals surface area contributed by atoms with Crippen LogP contribution in [0.1, 0.15) is 0 Å². The van der Waals surface area contributed by atoms with Crippen molar-refractivity contribution in [3.05, 3.63) is 65.2 Å². The highest BCUT2D eigenvalue weighted by Gasteiger charge is 2.18. The summed E-state index contributed by atoms with van der Waals surface area (Å²) in [5, 5.41) is 3.65. The number of benzene rings is 2. The van der Waals surface area contributed by atoms with Gasteiger partial charge in [-0.05, 0) is 78.1 Å². The number of carbonyl (C=O) groups is 1. The number of thioether (sulfide) groups is 1. The first-order valence-electron chi connectivity index (χ1n) is 8.51. The lowest BCUT2D eigenvalue weighted by Gasteiger charge is -2.16. The maximum Gasteiger partial charge on any atom is 0.275 e. The number of nitrogens with two attached hydrogens (primary N) is 1. The molecular weight excluding hydrogens is 639 g/mol. The van der Waals surface area contributed by atoms with Gasteiger partial charge in [0.2, 0.25) is 5.91 Å². The van der Waals surface area contributed by atoms with Gasteiger partial charge in [-0.3, -0.25) is 14.2 Å². The Morgan fingerprint density at radius 2 is 1.90 bits per heavy atom. The molecule has 0 saturated carbocycles. The highest BCUT2D eigenvalue weighted by atomic mass is 79.9. The molecule has 0 fully saturated rings. The van der Waals surface area contributed by atoms with Crippen LogP contribution in [0.25, 0.3) is 5.69 Å². The number of halogens is 4. The fraction of sp³-hybridized carbons (Fsp3) is 0.105. The highest BCUT2D eigenvalue weighted by molar-refractivity contribution is 9.14. The Labute approximate surface area is 212 Å². The average molecular weight is 654 g/mol. The molecule has 7 nitrogen and oxygen atoms in total. The number of nitrogens with one attached hydrogen (secondary N) is 1. The summed E-state index contributed by atoms with van der Waals surface area (Å²) >= 11 is 17.3. The van der Waals surface area contributed by atoms with Crippen LogP contribution in [-0.4, -0.2) is 28.3 Å². The molecule has 1 amide bonds. The number of nitrogen functional groups attached to an aromatic ring is 1. The number of hydrogen-bond acceptors (Lipinski definition) is 6. The number of nitrogens with zero attached hydrogens (tertiary/aromatic N) is 2. The Morgan fingerprint density at radius 3 is 2.55 bits per heavy atom. The van der Waals surface area contributed by atoms with Crippen LogP contribution in [0.3, 0.4) is 0 Å². The van der Waals surface area contributed by atoms with Gasteiger partial charge < -0.3 is 15.8 Å². The van der Waals surface area contributed by atoms with E-state index < -0.39 is 5.56 Å². The normalized spacial score (nSPS) is 10.7. The smallest absolute Gasteiger partial charge is 0.275 e. The van der Waals surface area contributed by atoms with Crippen LogP contribution < -0.4 is 21.3 Å². The molecule has 0 unspecified atom stereocenters. The third kappa shape index (κ3) is 5.64. The van der Waals surface area contributed by atoms with E-state index in [4.69, 9.17) is 22.1 Å². The van der Waals surface area contributed by atoms with E-state index in [9.17, 15) is 9.59 Å². The van der Waals surface area contributed by atoms with Gasteiger partial charge in [0.1, 0.15) is 5.82 Å². The summed E-state index contributed by atoms with van der Waals surface area (Å²) in [7, 11) is 1.51. The molecule has 12 heteroatoms. The Kier molecular flexibility index (Phi) is 8.08. The van der Waals surface area contributed by atoms with Crippen LogP contribution in [-0.2, 0) is 4.79 Å². The molecule has 31 heavy (non-hydrogen) atoms. The first-order valence-corrected chi connectivity index (χ1v) is 12.2. The molecule has 3 rings (SSSR count). The number of hydrogen-bond donors (Lipinski definition) is 2. The summed E-state index contributed by atoms with van der Waals surface area (Å²) in [6, 6.07) is 9.84. The molecular formula is C19H14Br3ClN4O3S. The Balaban J connectivity index is 1.84. The zero-order chi connectivity index (χ0) is 22.7. The van der Waals surface area contributed by atoms with E-state index in [1.54, 1.807) is 34.9 Å². The maximum absolute atomic E-state index is 12.6. The summed E-state index contributed by atoms with van der Waals surface area (Å²) < 4.78 is 9.12. The quantitative estimate of drug-likeness (QED) is 0.207. The highest BCUT2D eigenvalue weighted by Crippen LogP contribution is 2.43. The van der Waals surface area contributed by atoms with Gasteiger partial charge in [-0.1, -0.05) is 23.4 Å². The molecule has 2 aromatic carbocycles.